The van der Waals surface area contributed by atoms with Crippen LogP contribution in [0.25, 0.3) is 21.8 Å². The van der Waals surface area contributed by atoms with E-state index in [1.54, 1.807) is 12.1 Å². The zero-order valence-corrected chi connectivity index (χ0v) is 16.0. The van der Waals surface area contributed by atoms with Crippen molar-refractivity contribution in [1.29, 1.82) is 0 Å². The molecule has 0 spiro atoms. The van der Waals surface area contributed by atoms with E-state index in [-0.39, 0.29) is 16.7 Å². The Morgan fingerprint density at radius 3 is 2.78 bits per heavy atom. The average Bonchev–Trinajstić information content (AvgIpc) is 2.66. The number of aromatic nitrogens is 1. The molecular formula is C21H25N3O3. The first-order chi connectivity index (χ1) is 13.0. The fraction of sp³-hybridized carbons (Fsp3) is 0.381. The molecule has 142 valence electrons. The fourth-order valence-corrected chi connectivity index (χ4v) is 3.18. The molecule has 0 aliphatic heterocycles. The number of nitro groups is 1. The quantitative estimate of drug-likeness (QED) is 0.255. The maximum atomic E-state index is 11.7. The summed E-state index contributed by atoms with van der Waals surface area (Å²) in [5.74, 6) is 0. The van der Waals surface area contributed by atoms with Crippen molar-refractivity contribution in [1.82, 2.24) is 4.98 Å². The van der Waals surface area contributed by atoms with Crippen LogP contribution in [0.5, 0.6) is 0 Å². The number of pyridine rings is 1. The van der Waals surface area contributed by atoms with Gasteiger partial charge in [0.15, 0.2) is 0 Å². The Hall–Kier alpha value is -2.73. The van der Waals surface area contributed by atoms with E-state index in [0.717, 1.165) is 41.6 Å². The maximum absolute atomic E-state index is 11.7. The molecule has 0 aliphatic carbocycles. The molecule has 0 saturated carbocycles. The van der Waals surface area contributed by atoms with Gasteiger partial charge in [-0.15, -0.1) is 0 Å². The van der Waals surface area contributed by atoms with Gasteiger partial charge < -0.3 is 10.1 Å². The van der Waals surface area contributed by atoms with E-state index < -0.39 is 0 Å². The molecule has 1 aromatic heterocycles. The summed E-state index contributed by atoms with van der Waals surface area (Å²) >= 11 is 0. The lowest BCUT2D eigenvalue weighted by atomic mass is 10.0. The van der Waals surface area contributed by atoms with Gasteiger partial charge in [0.1, 0.15) is 5.39 Å². The van der Waals surface area contributed by atoms with Gasteiger partial charge in [0.05, 0.1) is 27.7 Å². The maximum Gasteiger partial charge on any atom is 0.280 e. The molecule has 2 aromatic carbocycles. The summed E-state index contributed by atoms with van der Waals surface area (Å²) in [6.07, 6.45) is 2.11. The van der Waals surface area contributed by atoms with Crippen LogP contribution in [-0.2, 0) is 4.74 Å². The van der Waals surface area contributed by atoms with Crippen molar-refractivity contribution in [3.63, 3.8) is 0 Å². The van der Waals surface area contributed by atoms with Crippen LogP contribution in [0.4, 0.5) is 11.4 Å². The molecule has 0 radical (unpaired) electrons. The molecule has 1 heterocycles. The van der Waals surface area contributed by atoms with Gasteiger partial charge >= 0.3 is 0 Å². The SMILES string of the molecule is CCCCOC(C)CNc1c2ccccc2nc2c(C)ccc([N+](=O)[O-])c12. The second-order valence-electron chi connectivity index (χ2n) is 6.80. The third kappa shape index (κ3) is 4.01. The number of nitrogens with one attached hydrogen (secondary N) is 1. The molecule has 0 fully saturated rings. The number of para-hydroxylation sites is 1. The highest BCUT2D eigenvalue weighted by atomic mass is 16.6. The smallest absolute Gasteiger partial charge is 0.280 e. The normalized spacial score (nSPS) is 12.4. The predicted molar refractivity (Wildman–Crippen MR) is 109 cm³/mol. The Balaban J connectivity index is 2.09. The number of ether oxygens (including phenoxy) is 1. The number of aryl methyl sites for hydroxylation is 1. The molecule has 0 aliphatic rings. The number of fused-ring (bicyclic) bond motifs is 2. The van der Waals surface area contributed by atoms with E-state index in [4.69, 9.17) is 9.72 Å². The van der Waals surface area contributed by atoms with Gasteiger partial charge in [-0.05, 0) is 31.9 Å². The van der Waals surface area contributed by atoms with Gasteiger partial charge in [0.2, 0.25) is 0 Å². The Morgan fingerprint density at radius 2 is 2.04 bits per heavy atom. The molecule has 27 heavy (non-hydrogen) atoms. The zero-order valence-electron chi connectivity index (χ0n) is 16.0. The van der Waals surface area contributed by atoms with Gasteiger partial charge in [0.25, 0.3) is 5.69 Å². The Morgan fingerprint density at radius 1 is 1.26 bits per heavy atom. The van der Waals surface area contributed by atoms with Crippen LogP contribution < -0.4 is 5.32 Å². The van der Waals surface area contributed by atoms with Crippen LogP contribution in [-0.4, -0.2) is 29.2 Å². The van der Waals surface area contributed by atoms with Crippen LogP contribution in [0.3, 0.4) is 0 Å². The van der Waals surface area contributed by atoms with Crippen molar-refractivity contribution in [2.75, 3.05) is 18.5 Å². The van der Waals surface area contributed by atoms with Gasteiger partial charge in [-0.2, -0.15) is 0 Å². The second kappa shape index (κ2) is 8.31. The summed E-state index contributed by atoms with van der Waals surface area (Å²) in [5, 5.41) is 16.5. The second-order valence-corrected chi connectivity index (χ2v) is 6.80. The van der Waals surface area contributed by atoms with Crippen molar-refractivity contribution in [2.24, 2.45) is 0 Å². The van der Waals surface area contributed by atoms with Gasteiger partial charge in [-0.3, -0.25) is 10.1 Å². The van der Waals surface area contributed by atoms with E-state index in [1.165, 1.54) is 0 Å². The first-order valence-electron chi connectivity index (χ1n) is 9.34. The van der Waals surface area contributed by atoms with E-state index in [2.05, 4.69) is 12.2 Å². The molecule has 1 N–H and O–H groups in total. The van der Waals surface area contributed by atoms with Gasteiger partial charge in [0, 0.05) is 24.6 Å². The highest BCUT2D eigenvalue weighted by Crippen LogP contribution is 2.37. The van der Waals surface area contributed by atoms with Crippen LogP contribution in [0.1, 0.15) is 32.3 Å². The van der Waals surface area contributed by atoms with Crippen LogP contribution >= 0.6 is 0 Å². The minimum atomic E-state index is -0.343. The molecule has 3 aromatic rings. The van der Waals surface area contributed by atoms with Crippen molar-refractivity contribution in [3.8, 4) is 0 Å². The number of nitro benzene ring substituents is 1. The summed E-state index contributed by atoms with van der Waals surface area (Å²) < 4.78 is 5.82. The minimum Gasteiger partial charge on any atom is -0.381 e. The monoisotopic (exact) mass is 367 g/mol. The number of hydrogen-bond acceptors (Lipinski definition) is 5. The number of non-ortho nitro benzene ring substituents is 1. The predicted octanol–water partition coefficient (Wildman–Crippen LogP) is 5.22. The molecule has 0 bridgehead atoms. The molecule has 0 amide bonds. The molecule has 1 atom stereocenters. The summed E-state index contributed by atoms with van der Waals surface area (Å²) in [6, 6.07) is 11.0. The first kappa shape index (κ1) is 19.0. The topological polar surface area (TPSA) is 77.3 Å². The van der Waals surface area contributed by atoms with Crippen molar-refractivity contribution in [3.05, 3.63) is 52.1 Å². The number of unbranched alkanes of at least 4 members (excludes halogenated alkanes) is 1. The third-order valence-electron chi connectivity index (χ3n) is 4.68. The number of anilines is 1. The van der Waals surface area contributed by atoms with E-state index in [9.17, 15) is 10.1 Å². The lowest BCUT2D eigenvalue weighted by Gasteiger charge is -2.18. The minimum absolute atomic E-state index is 0.00222. The molecule has 1 unspecified atom stereocenters. The zero-order chi connectivity index (χ0) is 19.4. The summed E-state index contributed by atoms with van der Waals surface area (Å²) in [5.41, 5.74) is 3.20. The molecule has 6 nitrogen and oxygen atoms in total. The van der Waals surface area contributed by atoms with E-state index in [1.807, 2.05) is 38.1 Å². The molecule has 6 heteroatoms. The average molecular weight is 367 g/mol. The standard InChI is InChI=1S/C21H25N3O3/c1-4-5-12-27-15(3)13-22-21-16-8-6-7-9-17(16)23-20-14(2)10-11-18(19(20)21)24(25)26/h6-11,15H,4-5,12-13H2,1-3H3,(H,22,23). The summed E-state index contributed by atoms with van der Waals surface area (Å²) in [4.78, 5) is 16.0. The summed E-state index contributed by atoms with van der Waals surface area (Å²) in [6.45, 7) is 7.35. The molecule has 0 saturated heterocycles. The number of nitrogens with zero attached hydrogens (tertiary/aromatic N) is 2. The number of rotatable bonds is 8. The largest absolute Gasteiger partial charge is 0.381 e. The highest BCUT2D eigenvalue weighted by molar-refractivity contribution is 6.11. The van der Waals surface area contributed by atoms with Crippen LogP contribution in [0.15, 0.2) is 36.4 Å². The van der Waals surface area contributed by atoms with Crippen molar-refractivity contribution in [2.45, 2.75) is 39.7 Å². The van der Waals surface area contributed by atoms with E-state index >= 15 is 0 Å². The van der Waals surface area contributed by atoms with Crippen LogP contribution in [0.2, 0.25) is 0 Å². The van der Waals surface area contributed by atoms with Crippen LogP contribution in [0, 0.1) is 17.0 Å². The van der Waals surface area contributed by atoms with Gasteiger partial charge in [-0.25, -0.2) is 4.98 Å². The number of hydrogen-bond donors (Lipinski definition) is 1. The molecular weight excluding hydrogens is 342 g/mol. The Bertz CT molecular complexity index is 972. The van der Waals surface area contributed by atoms with Gasteiger partial charge in [-0.1, -0.05) is 37.6 Å². The van der Waals surface area contributed by atoms with Crippen molar-refractivity contribution < 1.29 is 9.66 Å². The fourth-order valence-electron chi connectivity index (χ4n) is 3.18. The van der Waals surface area contributed by atoms with E-state index in [0.29, 0.717) is 17.4 Å². The Kier molecular flexibility index (Phi) is 5.86. The summed E-state index contributed by atoms with van der Waals surface area (Å²) in [7, 11) is 0. The lowest BCUT2D eigenvalue weighted by Crippen LogP contribution is -2.20. The number of benzene rings is 2. The lowest BCUT2D eigenvalue weighted by molar-refractivity contribution is -0.383. The third-order valence-corrected chi connectivity index (χ3v) is 4.68. The highest BCUT2D eigenvalue weighted by Gasteiger charge is 2.21. The Labute approximate surface area is 158 Å². The van der Waals surface area contributed by atoms with Crippen molar-refractivity contribution >= 4 is 33.2 Å². The molecule has 3 rings (SSSR count). The first-order valence-corrected chi connectivity index (χ1v) is 9.34.